The molecule has 0 saturated heterocycles. The van der Waals surface area contributed by atoms with Crippen LogP contribution in [0.4, 0.5) is 14.5 Å². The van der Waals surface area contributed by atoms with E-state index in [0.717, 1.165) is 43.1 Å². The zero-order chi connectivity index (χ0) is 19.4. The third kappa shape index (κ3) is 4.78. The minimum atomic E-state index is -1.02. The highest BCUT2D eigenvalue weighted by Crippen LogP contribution is 2.40. The van der Waals surface area contributed by atoms with Crippen LogP contribution in [-0.2, 0) is 4.79 Å². The molecular formula is C21H22ClF2NO2. The van der Waals surface area contributed by atoms with Gasteiger partial charge in [-0.15, -0.1) is 0 Å². The minimum absolute atomic E-state index is 0.112. The maximum atomic E-state index is 13.7. The number of amides is 1. The van der Waals surface area contributed by atoms with Crippen molar-refractivity contribution in [3.05, 3.63) is 58.6 Å². The number of hydrogen-bond donors (Lipinski definition) is 1. The lowest BCUT2D eigenvalue weighted by molar-refractivity contribution is -0.117. The van der Waals surface area contributed by atoms with E-state index in [1.807, 2.05) is 18.2 Å². The topological polar surface area (TPSA) is 38.3 Å². The van der Waals surface area contributed by atoms with Crippen molar-refractivity contribution in [3.8, 4) is 5.75 Å². The van der Waals surface area contributed by atoms with Gasteiger partial charge < -0.3 is 10.1 Å². The molecule has 1 aliphatic rings. The Labute approximate surface area is 162 Å². The molecule has 1 fully saturated rings. The smallest absolute Gasteiger partial charge is 0.224 e. The number of methoxy groups -OCH3 is 1. The van der Waals surface area contributed by atoms with E-state index >= 15 is 0 Å². The summed E-state index contributed by atoms with van der Waals surface area (Å²) in [6, 6.07) is 9.50. The standard InChI is InChI=1S/C21H22ClF2NO2/c1-27-15-9-10-16(17(22)12-15)14-7-5-13(6-8-14)11-20(26)25-19-4-2-3-18(23)21(19)24/h2-4,9-10,12-14H,5-8,11H2,1H3,(H,25,26). The highest BCUT2D eigenvalue weighted by atomic mass is 35.5. The molecule has 6 heteroatoms. The normalized spacial score (nSPS) is 19.6. The Morgan fingerprint density at radius 2 is 1.93 bits per heavy atom. The van der Waals surface area contributed by atoms with Crippen LogP contribution in [0.5, 0.6) is 5.75 Å². The maximum Gasteiger partial charge on any atom is 0.224 e. The molecule has 1 amide bonds. The fourth-order valence-corrected chi connectivity index (χ4v) is 4.03. The fourth-order valence-electron chi connectivity index (χ4n) is 3.71. The molecule has 1 saturated carbocycles. The van der Waals surface area contributed by atoms with Crippen LogP contribution in [0, 0.1) is 17.6 Å². The first-order valence-electron chi connectivity index (χ1n) is 9.05. The van der Waals surface area contributed by atoms with Crippen LogP contribution in [0.25, 0.3) is 0 Å². The number of nitrogens with one attached hydrogen (secondary N) is 1. The van der Waals surface area contributed by atoms with E-state index in [1.54, 1.807) is 7.11 Å². The lowest BCUT2D eigenvalue weighted by Gasteiger charge is -2.29. The van der Waals surface area contributed by atoms with Gasteiger partial charge in [0.2, 0.25) is 5.91 Å². The zero-order valence-corrected chi connectivity index (χ0v) is 15.9. The molecule has 27 heavy (non-hydrogen) atoms. The van der Waals surface area contributed by atoms with E-state index in [9.17, 15) is 13.6 Å². The quantitative estimate of drug-likeness (QED) is 0.683. The Kier molecular flexibility index (Phi) is 6.32. The van der Waals surface area contributed by atoms with E-state index in [4.69, 9.17) is 16.3 Å². The molecule has 2 aromatic carbocycles. The number of anilines is 1. The van der Waals surface area contributed by atoms with Crippen molar-refractivity contribution >= 4 is 23.2 Å². The second kappa shape index (κ2) is 8.70. The Bertz CT molecular complexity index is 820. The van der Waals surface area contributed by atoms with Gasteiger partial charge in [0.05, 0.1) is 12.8 Å². The van der Waals surface area contributed by atoms with Crippen LogP contribution < -0.4 is 10.1 Å². The fraction of sp³-hybridized carbons (Fsp3) is 0.381. The first kappa shape index (κ1) is 19.6. The molecule has 0 heterocycles. The first-order valence-corrected chi connectivity index (χ1v) is 9.43. The number of benzene rings is 2. The van der Waals surface area contributed by atoms with E-state index in [0.29, 0.717) is 17.4 Å². The molecule has 0 bridgehead atoms. The predicted octanol–water partition coefficient (Wildman–Crippen LogP) is 5.93. The number of carbonyl (C=O) groups excluding carboxylic acids is 1. The van der Waals surface area contributed by atoms with Gasteiger partial charge in [-0.3, -0.25) is 4.79 Å². The van der Waals surface area contributed by atoms with Crippen molar-refractivity contribution in [1.82, 2.24) is 0 Å². The molecule has 0 aromatic heterocycles. The van der Waals surface area contributed by atoms with Gasteiger partial charge in [0.1, 0.15) is 5.75 Å². The SMILES string of the molecule is COc1ccc(C2CCC(CC(=O)Nc3cccc(F)c3F)CC2)c(Cl)c1. The summed E-state index contributed by atoms with van der Waals surface area (Å²) in [7, 11) is 1.61. The van der Waals surface area contributed by atoms with Crippen LogP contribution in [0.1, 0.15) is 43.6 Å². The van der Waals surface area contributed by atoms with E-state index in [2.05, 4.69) is 5.32 Å². The average Bonchev–Trinajstić information content (AvgIpc) is 2.66. The molecule has 0 radical (unpaired) electrons. The molecule has 0 atom stereocenters. The largest absolute Gasteiger partial charge is 0.497 e. The number of hydrogen-bond acceptors (Lipinski definition) is 2. The third-order valence-electron chi connectivity index (χ3n) is 5.19. The molecule has 1 aliphatic carbocycles. The molecule has 0 unspecified atom stereocenters. The lowest BCUT2D eigenvalue weighted by atomic mass is 9.77. The molecule has 1 N–H and O–H groups in total. The molecule has 3 nitrogen and oxygen atoms in total. The lowest BCUT2D eigenvalue weighted by Crippen LogP contribution is -2.21. The molecular weight excluding hydrogens is 372 g/mol. The van der Waals surface area contributed by atoms with Crippen LogP contribution in [0.15, 0.2) is 36.4 Å². The highest BCUT2D eigenvalue weighted by molar-refractivity contribution is 6.31. The van der Waals surface area contributed by atoms with Crippen molar-refractivity contribution < 1.29 is 18.3 Å². The zero-order valence-electron chi connectivity index (χ0n) is 15.1. The Morgan fingerprint density at radius 1 is 1.19 bits per heavy atom. The first-order chi connectivity index (χ1) is 13.0. The predicted molar refractivity (Wildman–Crippen MR) is 102 cm³/mol. The van der Waals surface area contributed by atoms with E-state index in [1.165, 1.54) is 12.1 Å². The Balaban J connectivity index is 1.53. The third-order valence-corrected chi connectivity index (χ3v) is 5.52. The van der Waals surface area contributed by atoms with Gasteiger partial charge >= 0.3 is 0 Å². The van der Waals surface area contributed by atoms with Gasteiger partial charge in [-0.1, -0.05) is 23.7 Å². The Morgan fingerprint density at radius 3 is 2.59 bits per heavy atom. The molecule has 144 valence electrons. The second-order valence-electron chi connectivity index (χ2n) is 6.96. The number of rotatable bonds is 5. The number of ether oxygens (including phenoxy) is 1. The van der Waals surface area contributed by atoms with Gasteiger partial charge in [0, 0.05) is 11.4 Å². The summed E-state index contributed by atoms with van der Waals surface area (Å²) in [6.07, 6.45) is 3.98. The molecule has 2 aromatic rings. The van der Waals surface area contributed by atoms with Crippen molar-refractivity contribution in [2.45, 2.75) is 38.0 Å². The summed E-state index contributed by atoms with van der Waals surface area (Å²) >= 11 is 6.37. The van der Waals surface area contributed by atoms with E-state index < -0.39 is 11.6 Å². The second-order valence-corrected chi connectivity index (χ2v) is 7.37. The Hall–Kier alpha value is -2.14. The average molecular weight is 394 g/mol. The van der Waals surface area contributed by atoms with Crippen molar-refractivity contribution in [1.29, 1.82) is 0 Å². The maximum absolute atomic E-state index is 13.7. The molecule has 0 aliphatic heterocycles. The van der Waals surface area contributed by atoms with Crippen molar-refractivity contribution in [2.24, 2.45) is 5.92 Å². The summed E-state index contributed by atoms with van der Waals surface area (Å²) in [6.45, 7) is 0. The van der Waals surface area contributed by atoms with Gasteiger partial charge in [-0.05, 0) is 67.3 Å². The van der Waals surface area contributed by atoms with Crippen LogP contribution >= 0.6 is 11.6 Å². The minimum Gasteiger partial charge on any atom is -0.497 e. The number of carbonyl (C=O) groups is 1. The van der Waals surface area contributed by atoms with Crippen LogP contribution in [0.2, 0.25) is 5.02 Å². The van der Waals surface area contributed by atoms with Crippen LogP contribution in [0.3, 0.4) is 0 Å². The molecule has 3 rings (SSSR count). The summed E-state index contributed by atoms with van der Waals surface area (Å²) in [5, 5.41) is 3.18. The monoisotopic (exact) mass is 393 g/mol. The number of halogens is 3. The van der Waals surface area contributed by atoms with Crippen molar-refractivity contribution in [3.63, 3.8) is 0 Å². The molecule has 0 spiro atoms. The summed E-state index contributed by atoms with van der Waals surface area (Å²) in [5.41, 5.74) is 1.00. The summed E-state index contributed by atoms with van der Waals surface area (Å²) < 4.78 is 32.1. The summed E-state index contributed by atoms with van der Waals surface area (Å²) in [5.74, 6) is -0.948. The van der Waals surface area contributed by atoms with Gasteiger partial charge in [0.15, 0.2) is 11.6 Å². The summed E-state index contributed by atoms with van der Waals surface area (Å²) in [4.78, 5) is 12.2. The van der Waals surface area contributed by atoms with Gasteiger partial charge in [-0.25, -0.2) is 8.78 Å². The van der Waals surface area contributed by atoms with E-state index in [-0.39, 0.29) is 17.5 Å². The van der Waals surface area contributed by atoms with Crippen molar-refractivity contribution in [2.75, 3.05) is 12.4 Å². The highest BCUT2D eigenvalue weighted by Gasteiger charge is 2.26. The van der Waals surface area contributed by atoms with Gasteiger partial charge in [0.25, 0.3) is 0 Å². The van der Waals surface area contributed by atoms with Gasteiger partial charge in [-0.2, -0.15) is 0 Å². The van der Waals surface area contributed by atoms with Crippen LogP contribution in [-0.4, -0.2) is 13.0 Å².